The summed E-state index contributed by atoms with van der Waals surface area (Å²) in [6.45, 7) is 3.26. The molecule has 1 fully saturated rings. The van der Waals surface area contributed by atoms with Crippen LogP contribution in [0, 0.1) is 17.8 Å². The van der Waals surface area contributed by atoms with E-state index in [1.54, 1.807) is 36.4 Å². The van der Waals surface area contributed by atoms with Crippen molar-refractivity contribution in [2.24, 2.45) is 29.2 Å². The number of primary amides is 1. The summed E-state index contributed by atoms with van der Waals surface area (Å²) in [6, 6.07) is 19.6. The number of carbonyl (C=O) groups excluding carboxylic acids is 7. The van der Waals surface area contributed by atoms with Gasteiger partial charge in [-0.3, -0.25) is 33.6 Å². The lowest BCUT2D eigenvalue weighted by atomic mass is 9.87. The standard InChI is InChI=1S/C51H58ClN5O10/c1-28-20-46(63)47(56(3)51(67)35(6-4-5-19-53)25-44(61)33-10-8-31(9-11-33)32-12-15-36(52)16-13-32)34-14-18-43(60)39(24-34)38-22-30(7-17-42(38)59)23-40(55-49(28)65)45(62)21-29(2)50(66)57-27-37(58)26-41(57)48(54)64/h7-18,22,24,28-29,35,37,40-41,47,58-60H,4-6,19-21,23,25-27,53H2,1-3H3,(H2,54,64)(H,55,65)/t28-,29-,35-,37+,40+,41+,47+/m1/s1. The van der Waals surface area contributed by atoms with Crippen LogP contribution in [-0.2, 0) is 35.2 Å². The lowest BCUT2D eigenvalue weighted by Gasteiger charge is -2.32. The molecule has 2 aliphatic heterocycles. The van der Waals surface area contributed by atoms with Gasteiger partial charge in [0.05, 0.1) is 12.1 Å². The number of hydrogen-bond acceptors (Lipinski definition) is 11. The monoisotopic (exact) mass is 935 g/mol. The number of phenolic OH excluding ortho intramolecular Hbond substituents is 2. The lowest BCUT2D eigenvalue weighted by molar-refractivity contribution is -0.142. The third-order valence-corrected chi connectivity index (χ3v) is 13.1. The second kappa shape index (κ2) is 21.9. The van der Waals surface area contributed by atoms with E-state index in [0.29, 0.717) is 42.0 Å². The molecule has 4 aromatic carbocycles. The topological polar surface area (TPSA) is 251 Å². The van der Waals surface area contributed by atoms with Gasteiger partial charge in [0.25, 0.3) is 0 Å². The zero-order valence-electron chi connectivity index (χ0n) is 37.8. The van der Waals surface area contributed by atoms with Crippen LogP contribution in [0.25, 0.3) is 22.3 Å². The average Bonchev–Trinajstić information content (AvgIpc) is 3.70. The number of aliphatic hydroxyl groups excluding tert-OH is 1. The van der Waals surface area contributed by atoms with Gasteiger partial charge >= 0.3 is 0 Å². The third-order valence-electron chi connectivity index (χ3n) is 12.8. The van der Waals surface area contributed by atoms with E-state index in [-0.39, 0.29) is 72.6 Å². The number of likely N-dealkylation sites (N-methyl/N-ethyl adjacent to an activating group) is 1. The minimum Gasteiger partial charge on any atom is -0.507 e. The van der Waals surface area contributed by atoms with Gasteiger partial charge in [0.15, 0.2) is 17.3 Å². The molecule has 8 N–H and O–H groups in total. The predicted octanol–water partition coefficient (Wildman–Crippen LogP) is 5.28. The van der Waals surface area contributed by atoms with Crippen molar-refractivity contribution in [2.75, 3.05) is 20.1 Å². The Morgan fingerprint density at radius 3 is 2.13 bits per heavy atom. The third kappa shape index (κ3) is 11.9. The SMILES string of the molecule is C[C@@H]1CC(=O)[C@@H](N(C)C(=O)[C@H](CCCCN)CC(=O)c2ccc(-c3ccc(Cl)cc3)cc2)c2ccc(O)c(c2)-c2cc(ccc2O)C[C@@H](C(=O)C[C@@H](C)C(=O)N2C[C@@H](O)C[C@H]2C(N)=O)NC1=O. The van der Waals surface area contributed by atoms with Crippen molar-refractivity contribution in [3.05, 3.63) is 107 Å². The highest BCUT2D eigenvalue weighted by atomic mass is 35.5. The molecule has 0 unspecified atom stereocenters. The van der Waals surface area contributed by atoms with Gasteiger partial charge in [-0.25, -0.2) is 0 Å². The zero-order valence-corrected chi connectivity index (χ0v) is 38.6. The number of fused-ring (bicyclic) bond motifs is 5. The number of β-amino-alcohol motifs (C(OH)–C–C–N with tert-alkyl or cyclic N) is 1. The molecule has 4 aromatic rings. The highest BCUT2D eigenvalue weighted by Crippen LogP contribution is 2.40. The second-order valence-corrected chi connectivity index (χ2v) is 18.3. The molecule has 15 nitrogen and oxygen atoms in total. The van der Waals surface area contributed by atoms with Crippen molar-refractivity contribution in [2.45, 2.75) is 89.4 Å². The average molecular weight is 937 g/mol. The Morgan fingerprint density at radius 1 is 0.866 bits per heavy atom. The van der Waals surface area contributed by atoms with Crippen molar-refractivity contribution in [1.29, 1.82) is 0 Å². The number of ketones is 3. The molecular formula is C51H58ClN5O10. The molecular weight excluding hydrogens is 878 g/mol. The number of phenols is 2. The summed E-state index contributed by atoms with van der Waals surface area (Å²) in [5.41, 5.74) is 14.5. The Balaban J connectivity index is 1.29. The number of likely N-dealkylation sites (tertiary alicyclic amines) is 1. The quantitative estimate of drug-likeness (QED) is 0.0661. The number of aromatic hydroxyl groups is 2. The lowest BCUT2D eigenvalue weighted by Crippen LogP contribution is -2.48. The minimum atomic E-state index is -1.32. The Morgan fingerprint density at radius 2 is 1.49 bits per heavy atom. The number of aliphatic hydroxyl groups is 1. The number of nitrogens with zero attached hydrogens (tertiary/aromatic N) is 2. The number of benzene rings is 4. The van der Waals surface area contributed by atoms with Gasteiger partial charge in [0.2, 0.25) is 23.6 Å². The Bertz CT molecular complexity index is 2510. The molecule has 67 heavy (non-hydrogen) atoms. The summed E-state index contributed by atoms with van der Waals surface area (Å²) in [5.74, 6) is -7.22. The molecule has 0 radical (unpaired) electrons. The molecule has 0 aliphatic carbocycles. The van der Waals surface area contributed by atoms with Gasteiger partial charge in [-0.2, -0.15) is 0 Å². The maximum absolute atomic E-state index is 14.7. The van der Waals surface area contributed by atoms with Gasteiger partial charge in [-0.15, -0.1) is 0 Å². The van der Waals surface area contributed by atoms with Crippen LogP contribution in [0.1, 0.15) is 86.3 Å². The van der Waals surface area contributed by atoms with Crippen LogP contribution in [0.5, 0.6) is 11.5 Å². The van der Waals surface area contributed by atoms with Crippen LogP contribution >= 0.6 is 11.6 Å². The largest absolute Gasteiger partial charge is 0.507 e. The fourth-order valence-corrected chi connectivity index (χ4v) is 9.16. The number of carbonyl (C=O) groups is 7. The van der Waals surface area contributed by atoms with Crippen molar-refractivity contribution in [3.8, 4) is 33.8 Å². The maximum atomic E-state index is 14.7. The van der Waals surface area contributed by atoms with Gasteiger partial charge < -0.3 is 41.9 Å². The van der Waals surface area contributed by atoms with E-state index in [4.69, 9.17) is 23.1 Å². The molecule has 0 aromatic heterocycles. The number of rotatable bonds is 15. The van der Waals surface area contributed by atoms with Gasteiger partial charge in [-0.1, -0.05) is 80.4 Å². The van der Waals surface area contributed by atoms with E-state index >= 15 is 0 Å². The predicted molar refractivity (Wildman–Crippen MR) is 251 cm³/mol. The second-order valence-electron chi connectivity index (χ2n) is 17.9. The molecule has 7 atom stereocenters. The van der Waals surface area contributed by atoms with E-state index in [1.165, 1.54) is 50.1 Å². The van der Waals surface area contributed by atoms with Gasteiger partial charge in [0.1, 0.15) is 23.6 Å². The number of nitrogens with one attached hydrogen (secondary N) is 1. The summed E-state index contributed by atoms with van der Waals surface area (Å²) >= 11 is 6.06. The normalized spacial score (nSPS) is 20.6. The minimum absolute atomic E-state index is 0.0273. The smallest absolute Gasteiger partial charge is 0.240 e. The molecule has 2 heterocycles. The zero-order chi connectivity index (χ0) is 48.7. The van der Waals surface area contributed by atoms with E-state index < -0.39 is 77.2 Å². The van der Waals surface area contributed by atoms with E-state index in [9.17, 15) is 48.9 Å². The molecule has 16 heteroatoms. The van der Waals surface area contributed by atoms with Gasteiger partial charge in [-0.05, 0) is 84.5 Å². The summed E-state index contributed by atoms with van der Waals surface area (Å²) < 4.78 is 0. The number of unbranched alkanes of at least 4 members (excludes halogenated alkanes) is 1. The number of halogens is 1. The highest BCUT2D eigenvalue weighted by molar-refractivity contribution is 6.30. The summed E-state index contributed by atoms with van der Waals surface area (Å²) in [5, 5.41) is 35.9. The maximum Gasteiger partial charge on any atom is 0.240 e. The molecule has 6 rings (SSSR count). The Kier molecular flexibility index (Phi) is 16.4. The highest BCUT2D eigenvalue weighted by Gasteiger charge is 2.41. The van der Waals surface area contributed by atoms with Crippen LogP contribution < -0.4 is 16.8 Å². The van der Waals surface area contributed by atoms with E-state index in [1.807, 2.05) is 24.3 Å². The molecule has 4 bridgehead atoms. The van der Waals surface area contributed by atoms with E-state index in [2.05, 4.69) is 5.32 Å². The molecule has 354 valence electrons. The Hall–Kier alpha value is -6.42. The first-order valence-corrected chi connectivity index (χ1v) is 22.9. The van der Waals surface area contributed by atoms with Crippen LogP contribution in [0.2, 0.25) is 5.02 Å². The van der Waals surface area contributed by atoms with Crippen molar-refractivity contribution >= 4 is 52.6 Å². The first-order chi connectivity index (χ1) is 31.9. The van der Waals surface area contributed by atoms with Crippen molar-refractivity contribution < 1.29 is 48.9 Å². The molecule has 0 spiro atoms. The molecule has 4 amide bonds. The molecule has 0 saturated carbocycles. The fraction of sp³-hybridized carbons (Fsp3) is 0.392. The first-order valence-electron chi connectivity index (χ1n) is 22.5. The molecule has 2 aliphatic rings. The van der Waals surface area contributed by atoms with Crippen LogP contribution in [0.3, 0.4) is 0 Å². The molecule has 1 saturated heterocycles. The number of Topliss-reactive ketones (excluding diaryl/α,β-unsaturated/α-hetero) is 3. The number of hydrogen-bond donors (Lipinski definition) is 6. The number of amides is 4. The first kappa shape index (κ1) is 50.0. The van der Waals surface area contributed by atoms with Crippen LogP contribution in [-0.4, -0.2) is 104 Å². The van der Waals surface area contributed by atoms with Crippen molar-refractivity contribution in [3.63, 3.8) is 0 Å². The summed E-state index contributed by atoms with van der Waals surface area (Å²) in [7, 11) is 1.45. The van der Waals surface area contributed by atoms with Crippen LogP contribution in [0.4, 0.5) is 0 Å². The summed E-state index contributed by atoms with van der Waals surface area (Å²) in [6.07, 6.45) is -0.586. The summed E-state index contributed by atoms with van der Waals surface area (Å²) in [4.78, 5) is 99.3. The van der Waals surface area contributed by atoms with Crippen molar-refractivity contribution in [1.82, 2.24) is 15.1 Å². The Labute approximate surface area is 394 Å². The van der Waals surface area contributed by atoms with Crippen LogP contribution in [0.15, 0.2) is 84.9 Å². The van der Waals surface area contributed by atoms with E-state index in [0.717, 1.165) is 16.0 Å². The number of nitrogens with two attached hydrogens (primary N) is 2. The fourth-order valence-electron chi connectivity index (χ4n) is 9.03. The van der Waals surface area contributed by atoms with Gasteiger partial charge in [0, 0.05) is 78.7 Å².